The lowest BCUT2D eigenvalue weighted by Crippen LogP contribution is -1.93. The number of aromatic nitrogens is 3. The number of rotatable bonds is 3. The van der Waals surface area contributed by atoms with Gasteiger partial charge in [-0.2, -0.15) is 0 Å². The summed E-state index contributed by atoms with van der Waals surface area (Å²) < 4.78 is 1.90. The number of ketones is 1. The smallest absolute Gasteiger partial charge is 0.233 e. The molecule has 0 fully saturated rings. The first-order valence-corrected chi connectivity index (χ1v) is 6.11. The van der Waals surface area contributed by atoms with Crippen LogP contribution in [0.2, 0.25) is 0 Å². The Morgan fingerprint density at radius 2 is 2.05 bits per heavy atom. The predicted octanol–water partition coefficient (Wildman–Crippen LogP) is 2.52. The van der Waals surface area contributed by atoms with Crippen LogP contribution in [-0.2, 0) is 6.42 Å². The largest absolute Gasteiger partial charge is 0.295 e. The molecule has 0 aliphatic carbocycles. The van der Waals surface area contributed by atoms with Gasteiger partial charge in [0.05, 0.1) is 5.69 Å². The van der Waals surface area contributed by atoms with Crippen LogP contribution in [0.4, 0.5) is 0 Å². The van der Waals surface area contributed by atoms with Crippen LogP contribution in [0.3, 0.4) is 0 Å². The van der Waals surface area contributed by atoms with E-state index in [1.807, 2.05) is 47.1 Å². The van der Waals surface area contributed by atoms with Crippen molar-refractivity contribution in [3.63, 3.8) is 0 Å². The molecule has 0 aliphatic rings. The Bertz CT molecular complexity index is 695. The van der Waals surface area contributed by atoms with E-state index in [2.05, 4.69) is 9.97 Å². The van der Waals surface area contributed by atoms with Crippen molar-refractivity contribution in [1.29, 1.82) is 0 Å². The van der Waals surface area contributed by atoms with Crippen molar-refractivity contribution in [2.75, 3.05) is 0 Å². The summed E-state index contributed by atoms with van der Waals surface area (Å²) in [6, 6.07) is 9.51. The Morgan fingerprint density at radius 3 is 2.74 bits per heavy atom. The Hall–Kier alpha value is -2.49. The molecule has 1 aromatic carbocycles. The molecule has 0 spiro atoms. The third-order valence-corrected chi connectivity index (χ3v) is 3.03. The van der Waals surface area contributed by atoms with Gasteiger partial charge in [-0.05, 0) is 18.6 Å². The summed E-state index contributed by atoms with van der Waals surface area (Å²) >= 11 is 0. The summed E-state index contributed by atoms with van der Waals surface area (Å²) in [5.41, 5.74) is 2.84. The molecule has 0 N–H and O–H groups in total. The van der Waals surface area contributed by atoms with E-state index in [9.17, 15) is 4.79 Å². The number of nitrogens with zero attached hydrogens (tertiary/aromatic N) is 3. The average Bonchev–Trinajstić information content (AvgIpc) is 2.81. The highest BCUT2D eigenvalue weighted by molar-refractivity contribution is 5.94. The molecular weight excluding hydrogens is 238 g/mol. The zero-order valence-electron chi connectivity index (χ0n) is 10.6. The maximum Gasteiger partial charge on any atom is 0.233 e. The van der Waals surface area contributed by atoms with Gasteiger partial charge in [0, 0.05) is 30.6 Å². The molecule has 4 heteroatoms. The van der Waals surface area contributed by atoms with Crippen LogP contribution in [0.25, 0.3) is 5.78 Å². The minimum Gasteiger partial charge on any atom is -0.295 e. The fraction of sp³-hybridized carbons (Fsp3) is 0.133. The van der Waals surface area contributed by atoms with Gasteiger partial charge >= 0.3 is 0 Å². The average molecular weight is 251 g/mol. The highest BCUT2D eigenvalue weighted by Crippen LogP contribution is 2.11. The fourth-order valence-corrected chi connectivity index (χ4v) is 2.03. The molecule has 0 unspecified atom stereocenters. The van der Waals surface area contributed by atoms with Crippen molar-refractivity contribution < 1.29 is 4.79 Å². The molecule has 4 nitrogen and oxygen atoms in total. The van der Waals surface area contributed by atoms with Crippen LogP contribution in [0, 0.1) is 0 Å². The summed E-state index contributed by atoms with van der Waals surface area (Å²) in [5, 5.41) is 0. The molecule has 0 bridgehead atoms. The Balaban J connectivity index is 1.86. The number of hydrogen-bond donors (Lipinski definition) is 0. The van der Waals surface area contributed by atoms with Gasteiger partial charge in [0.2, 0.25) is 5.78 Å². The van der Waals surface area contributed by atoms with Gasteiger partial charge in [-0.3, -0.25) is 9.20 Å². The molecule has 19 heavy (non-hydrogen) atoms. The van der Waals surface area contributed by atoms with Crippen molar-refractivity contribution in [3.05, 3.63) is 65.7 Å². The molecule has 2 aromatic heterocycles. The van der Waals surface area contributed by atoms with E-state index < -0.39 is 0 Å². The molecule has 0 aliphatic heterocycles. The van der Waals surface area contributed by atoms with Gasteiger partial charge < -0.3 is 0 Å². The van der Waals surface area contributed by atoms with Crippen LogP contribution in [0.5, 0.6) is 0 Å². The van der Waals surface area contributed by atoms with Crippen LogP contribution in [0.1, 0.15) is 28.5 Å². The number of benzene rings is 1. The quantitative estimate of drug-likeness (QED) is 0.672. The summed E-state index contributed by atoms with van der Waals surface area (Å²) in [4.78, 5) is 19.8. The van der Waals surface area contributed by atoms with Gasteiger partial charge in [0.25, 0.3) is 0 Å². The molecule has 2 heterocycles. The van der Waals surface area contributed by atoms with E-state index >= 15 is 0 Å². The Kier molecular flexibility index (Phi) is 2.83. The van der Waals surface area contributed by atoms with Gasteiger partial charge in [-0.15, -0.1) is 0 Å². The van der Waals surface area contributed by atoms with Crippen molar-refractivity contribution in [1.82, 2.24) is 14.4 Å². The van der Waals surface area contributed by atoms with Crippen molar-refractivity contribution >= 4 is 11.6 Å². The lowest BCUT2D eigenvalue weighted by molar-refractivity contribution is 0.101. The molecule has 0 saturated heterocycles. The third-order valence-electron chi connectivity index (χ3n) is 3.03. The molecule has 94 valence electrons. The normalized spacial score (nSPS) is 10.8. The third kappa shape index (κ3) is 2.38. The second kappa shape index (κ2) is 4.65. The fourth-order valence-electron chi connectivity index (χ4n) is 2.03. The van der Waals surface area contributed by atoms with Crippen LogP contribution < -0.4 is 0 Å². The molecule has 0 saturated carbocycles. The Morgan fingerprint density at radius 1 is 1.26 bits per heavy atom. The van der Waals surface area contributed by atoms with Crippen LogP contribution in [-0.4, -0.2) is 20.2 Å². The molecule has 3 rings (SSSR count). The van der Waals surface area contributed by atoms with E-state index in [-0.39, 0.29) is 5.78 Å². The van der Waals surface area contributed by atoms with E-state index in [0.717, 1.165) is 23.2 Å². The maximum atomic E-state index is 11.2. The molecule has 3 aromatic rings. The first-order valence-electron chi connectivity index (χ1n) is 6.11. The lowest BCUT2D eigenvalue weighted by Gasteiger charge is -1.99. The maximum absolute atomic E-state index is 11.2. The number of fused-ring (bicyclic) bond motifs is 1. The second-order valence-electron chi connectivity index (χ2n) is 4.49. The lowest BCUT2D eigenvalue weighted by atomic mass is 10.1. The number of Topliss-reactive ketones (excluding diaryl/α,β-unsaturated/α-hetero) is 1. The van der Waals surface area contributed by atoms with E-state index in [1.165, 1.54) is 0 Å². The second-order valence-corrected chi connectivity index (χ2v) is 4.49. The van der Waals surface area contributed by atoms with Crippen molar-refractivity contribution in [3.8, 4) is 0 Å². The van der Waals surface area contributed by atoms with Gasteiger partial charge in [0.1, 0.15) is 0 Å². The topological polar surface area (TPSA) is 47.3 Å². The number of carbonyl (C=O) groups excluding carboxylic acids is 1. The predicted molar refractivity (Wildman–Crippen MR) is 72.2 cm³/mol. The summed E-state index contributed by atoms with van der Waals surface area (Å²) in [5.74, 6) is 0.793. The Labute approximate surface area is 110 Å². The van der Waals surface area contributed by atoms with Gasteiger partial charge in [-0.25, -0.2) is 9.97 Å². The zero-order valence-corrected chi connectivity index (χ0v) is 10.6. The summed E-state index contributed by atoms with van der Waals surface area (Å²) in [7, 11) is 0. The van der Waals surface area contributed by atoms with E-state index in [4.69, 9.17) is 0 Å². The SMILES string of the molecule is CC(=O)c1ccc(Cc2cn3cccnc3n2)cc1. The molecule has 0 radical (unpaired) electrons. The summed E-state index contributed by atoms with van der Waals surface area (Å²) in [6.07, 6.45) is 6.37. The van der Waals surface area contributed by atoms with Crippen LogP contribution >= 0.6 is 0 Å². The van der Waals surface area contributed by atoms with Gasteiger partial charge in [0.15, 0.2) is 5.78 Å². The van der Waals surface area contributed by atoms with Crippen molar-refractivity contribution in [2.24, 2.45) is 0 Å². The molecular formula is C15H13N3O. The van der Waals surface area contributed by atoms with Crippen LogP contribution in [0.15, 0.2) is 48.9 Å². The standard InChI is InChI=1S/C15H13N3O/c1-11(19)13-5-3-12(4-6-13)9-14-10-18-8-2-7-16-15(18)17-14/h2-8,10H,9H2,1H3. The monoisotopic (exact) mass is 251 g/mol. The first kappa shape index (κ1) is 11.6. The molecule has 0 amide bonds. The number of imidazole rings is 1. The summed E-state index contributed by atoms with van der Waals surface area (Å²) in [6.45, 7) is 1.57. The number of carbonyl (C=O) groups is 1. The highest BCUT2D eigenvalue weighted by atomic mass is 16.1. The highest BCUT2D eigenvalue weighted by Gasteiger charge is 2.04. The minimum absolute atomic E-state index is 0.0866. The van der Waals surface area contributed by atoms with Crippen molar-refractivity contribution in [2.45, 2.75) is 13.3 Å². The van der Waals surface area contributed by atoms with E-state index in [1.54, 1.807) is 13.1 Å². The first-order chi connectivity index (χ1) is 9.22. The van der Waals surface area contributed by atoms with Gasteiger partial charge in [-0.1, -0.05) is 24.3 Å². The minimum atomic E-state index is 0.0866. The van der Waals surface area contributed by atoms with E-state index in [0.29, 0.717) is 5.78 Å². The zero-order chi connectivity index (χ0) is 13.2. The number of hydrogen-bond acceptors (Lipinski definition) is 3. The molecule has 0 atom stereocenters.